The highest BCUT2D eigenvalue weighted by atomic mass is 32.1. The van der Waals surface area contributed by atoms with Gasteiger partial charge in [-0.05, 0) is 42.8 Å². The number of anilines is 1. The third-order valence-corrected chi connectivity index (χ3v) is 4.84. The quantitative estimate of drug-likeness (QED) is 0.742. The molecule has 3 rings (SSSR count). The molecule has 0 spiro atoms. The molecule has 1 amide bonds. The van der Waals surface area contributed by atoms with E-state index in [0.717, 1.165) is 33.6 Å². The van der Waals surface area contributed by atoms with Crippen LogP contribution in [0.5, 0.6) is 5.75 Å². The molecule has 124 valence electrons. The van der Waals surface area contributed by atoms with Gasteiger partial charge < -0.3 is 15.8 Å². The van der Waals surface area contributed by atoms with E-state index >= 15 is 0 Å². The summed E-state index contributed by atoms with van der Waals surface area (Å²) in [5.74, 6) is 0.665. The molecule has 2 aromatic heterocycles. The molecular weight excluding hydrogens is 322 g/mol. The fourth-order valence-corrected chi connectivity index (χ4v) is 3.42. The molecule has 6 heteroatoms. The minimum absolute atomic E-state index is 0.136. The number of pyridine rings is 1. The molecule has 0 saturated heterocycles. The van der Waals surface area contributed by atoms with Crippen LogP contribution >= 0.6 is 11.3 Å². The largest absolute Gasteiger partial charge is 0.497 e. The molecule has 3 N–H and O–H groups in total. The Hall–Kier alpha value is -2.60. The minimum atomic E-state index is -0.136. The Kier molecular flexibility index (Phi) is 4.66. The van der Waals surface area contributed by atoms with Crippen molar-refractivity contribution in [2.24, 2.45) is 0 Å². The number of fused-ring (bicyclic) bond motifs is 1. The van der Waals surface area contributed by atoms with E-state index in [1.807, 2.05) is 43.3 Å². The van der Waals surface area contributed by atoms with Gasteiger partial charge in [-0.2, -0.15) is 0 Å². The Morgan fingerprint density at radius 2 is 2.00 bits per heavy atom. The van der Waals surface area contributed by atoms with Gasteiger partial charge in [0.2, 0.25) is 0 Å². The van der Waals surface area contributed by atoms with Gasteiger partial charge in [0.05, 0.1) is 18.5 Å². The Morgan fingerprint density at radius 3 is 2.67 bits per heavy atom. The van der Waals surface area contributed by atoms with Crippen molar-refractivity contribution >= 4 is 33.1 Å². The van der Waals surface area contributed by atoms with E-state index in [4.69, 9.17) is 10.5 Å². The number of rotatable bonds is 5. The molecule has 2 heterocycles. The minimum Gasteiger partial charge on any atom is -0.497 e. The van der Waals surface area contributed by atoms with Crippen molar-refractivity contribution in [3.63, 3.8) is 0 Å². The number of nitrogens with two attached hydrogens (primary N) is 1. The summed E-state index contributed by atoms with van der Waals surface area (Å²) in [7, 11) is 1.64. The van der Waals surface area contributed by atoms with E-state index in [2.05, 4.69) is 10.3 Å². The van der Waals surface area contributed by atoms with Crippen molar-refractivity contribution in [3.05, 3.63) is 41.3 Å². The van der Waals surface area contributed by atoms with E-state index in [-0.39, 0.29) is 5.91 Å². The van der Waals surface area contributed by atoms with Crippen molar-refractivity contribution in [2.45, 2.75) is 13.3 Å². The molecule has 0 atom stereocenters. The third kappa shape index (κ3) is 3.05. The number of amides is 1. The average molecular weight is 341 g/mol. The fraction of sp³-hybridized carbons (Fsp3) is 0.222. The Bertz CT molecular complexity index is 872. The van der Waals surface area contributed by atoms with Crippen LogP contribution in [0.4, 0.5) is 5.69 Å². The number of methoxy groups -OCH3 is 1. The lowest BCUT2D eigenvalue weighted by Gasteiger charge is -2.03. The summed E-state index contributed by atoms with van der Waals surface area (Å²) in [5, 5.41) is 3.68. The average Bonchev–Trinajstić information content (AvgIpc) is 2.96. The second-order valence-electron chi connectivity index (χ2n) is 5.38. The van der Waals surface area contributed by atoms with Crippen LogP contribution < -0.4 is 15.8 Å². The summed E-state index contributed by atoms with van der Waals surface area (Å²) in [6.45, 7) is 2.65. The monoisotopic (exact) mass is 341 g/mol. The van der Waals surface area contributed by atoms with Crippen LogP contribution in [0.25, 0.3) is 21.5 Å². The van der Waals surface area contributed by atoms with Gasteiger partial charge in [-0.3, -0.25) is 4.79 Å². The fourth-order valence-electron chi connectivity index (χ4n) is 2.41. The molecule has 1 aromatic carbocycles. The number of hydrogen-bond acceptors (Lipinski definition) is 5. The first-order valence-electron chi connectivity index (χ1n) is 7.75. The first-order chi connectivity index (χ1) is 11.6. The zero-order valence-electron chi connectivity index (χ0n) is 13.6. The normalized spacial score (nSPS) is 10.8. The number of nitrogens with zero attached hydrogens (tertiary/aromatic N) is 1. The summed E-state index contributed by atoms with van der Waals surface area (Å²) in [4.78, 5) is 18.2. The number of benzene rings is 1. The second-order valence-corrected chi connectivity index (χ2v) is 6.38. The second kappa shape index (κ2) is 6.88. The highest BCUT2D eigenvalue weighted by Gasteiger charge is 2.17. The van der Waals surface area contributed by atoms with Gasteiger partial charge in [-0.25, -0.2) is 4.98 Å². The molecule has 0 aliphatic heterocycles. The molecule has 0 aliphatic carbocycles. The van der Waals surface area contributed by atoms with Gasteiger partial charge in [0.1, 0.15) is 15.5 Å². The molecule has 0 unspecified atom stereocenters. The Balaban J connectivity index is 1.97. The number of hydrogen-bond donors (Lipinski definition) is 2. The number of nitrogens with one attached hydrogen (secondary N) is 1. The van der Waals surface area contributed by atoms with Crippen molar-refractivity contribution in [1.29, 1.82) is 0 Å². The molecule has 3 aromatic rings. The zero-order valence-corrected chi connectivity index (χ0v) is 14.4. The molecular formula is C18H19N3O2S. The summed E-state index contributed by atoms with van der Waals surface area (Å²) in [5.41, 5.74) is 8.46. The molecule has 5 nitrogen and oxygen atoms in total. The maximum absolute atomic E-state index is 12.2. The van der Waals surface area contributed by atoms with Gasteiger partial charge in [0.25, 0.3) is 5.91 Å². The summed E-state index contributed by atoms with van der Waals surface area (Å²) in [6.07, 6.45) is 0.885. The molecule has 0 fully saturated rings. The highest BCUT2D eigenvalue weighted by molar-refractivity contribution is 7.21. The predicted molar refractivity (Wildman–Crippen MR) is 98.6 cm³/mol. The van der Waals surface area contributed by atoms with Gasteiger partial charge in [-0.1, -0.05) is 6.92 Å². The third-order valence-electron chi connectivity index (χ3n) is 3.72. The van der Waals surface area contributed by atoms with E-state index in [1.165, 1.54) is 11.3 Å². The van der Waals surface area contributed by atoms with Gasteiger partial charge in [0, 0.05) is 17.5 Å². The standard InChI is InChI=1S/C18H19N3O2S/c1-3-10-20-17(22)16-15(19)13-8-9-14(21-18(13)24-16)11-4-6-12(23-2)7-5-11/h4-9H,3,10,19H2,1-2H3,(H,20,22). The van der Waals surface area contributed by atoms with Crippen molar-refractivity contribution < 1.29 is 9.53 Å². The summed E-state index contributed by atoms with van der Waals surface area (Å²) >= 11 is 1.33. The van der Waals surface area contributed by atoms with Crippen molar-refractivity contribution in [2.75, 3.05) is 19.4 Å². The van der Waals surface area contributed by atoms with Crippen molar-refractivity contribution in [1.82, 2.24) is 10.3 Å². The highest BCUT2D eigenvalue weighted by Crippen LogP contribution is 2.34. The zero-order chi connectivity index (χ0) is 17.1. The summed E-state index contributed by atoms with van der Waals surface area (Å²) < 4.78 is 5.17. The van der Waals surface area contributed by atoms with E-state index in [9.17, 15) is 4.79 Å². The van der Waals surface area contributed by atoms with Crippen molar-refractivity contribution in [3.8, 4) is 17.0 Å². The lowest BCUT2D eigenvalue weighted by atomic mass is 10.1. The van der Waals surface area contributed by atoms with Crippen LogP contribution in [-0.2, 0) is 0 Å². The summed E-state index contributed by atoms with van der Waals surface area (Å²) in [6, 6.07) is 11.5. The molecule has 0 radical (unpaired) electrons. The van der Waals surface area contributed by atoms with Gasteiger partial charge in [-0.15, -0.1) is 11.3 Å². The Labute approximate surface area is 144 Å². The lowest BCUT2D eigenvalue weighted by Crippen LogP contribution is -2.23. The van der Waals surface area contributed by atoms with Crippen LogP contribution in [0, 0.1) is 0 Å². The van der Waals surface area contributed by atoms with E-state index < -0.39 is 0 Å². The van der Waals surface area contributed by atoms with Crippen LogP contribution in [0.1, 0.15) is 23.0 Å². The molecule has 0 aliphatic rings. The first kappa shape index (κ1) is 16.3. The maximum Gasteiger partial charge on any atom is 0.263 e. The number of aromatic nitrogens is 1. The van der Waals surface area contributed by atoms with Gasteiger partial charge >= 0.3 is 0 Å². The number of nitrogen functional groups attached to an aromatic ring is 1. The lowest BCUT2D eigenvalue weighted by molar-refractivity contribution is 0.0958. The first-order valence-corrected chi connectivity index (χ1v) is 8.57. The topological polar surface area (TPSA) is 77.2 Å². The van der Waals surface area contributed by atoms with Crippen LogP contribution in [0.2, 0.25) is 0 Å². The maximum atomic E-state index is 12.2. The number of carbonyl (C=O) groups excluding carboxylic acids is 1. The molecule has 24 heavy (non-hydrogen) atoms. The molecule has 0 bridgehead atoms. The number of carbonyl (C=O) groups is 1. The van der Waals surface area contributed by atoms with Crippen LogP contribution in [-0.4, -0.2) is 24.5 Å². The van der Waals surface area contributed by atoms with Crippen LogP contribution in [0.3, 0.4) is 0 Å². The Morgan fingerprint density at radius 1 is 1.25 bits per heavy atom. The predicted octanol–water partition coefficient (Wildman–Crippen LogP) is 3.69. The van der Waals surface area contributed by atoms with E-state index in [1.54, 1.807) is 7.11 Å². The number of thiophene rings is 1. The molecule has 0 saturated carbocycles. The SMILES string of the molecule is CCCNC(=O)c1sc2nc(-c3ccc(OC)cc3)ccc2c1N. The smallest absolute Gasteiger partial charge is 0.263 e. The number of ether oxygens (including phenoxy) is 1. The van der Waals surface area contributed by atoms with E-state index in [0.29, 0.717) is 17.1 Å². The van der Waals surface area contributed by atoms with Crippen LogP contribution in [0.15, 0.2) is 36.4 Å². The van der Waals surface area contributed by atoms with Gasteiger partial charge in [0.15, 0.2) is 0 Å².